The molecule has 0 aromatic heterocycles. The number of benzene rings is 3. The van der Waals surface area contributed by atoms with E-state index in [1.165, 1.54) is 43.2 Å². The number of nitrogens with zero attached hydrogens (tertiary/aromatic N) is 1. The van der Waals surface area contributed by atoms with Crippen molar-refractivity contribution in [3.8, 4) is 17.2 Å². The molecule has 0 N–H and O–H groups in total. The minimum Gasteiger partial charge on any atom is -0.497 e. The van der Waals surface area contributed by atoms with Gasteiger partial charge in [0.05, 0.1) is 7.11 Å². The van der Waals surface area contributed by atoms with Crippen LogP contribution < -0.4 is 14.2 Å². The summed E-state index contributed by atoms with van der Waals surface area (Å²) in [6.45, 7) is 5.91. The van der Waals surface area contributed by atoms with Crippen LogP contribution in [0.25, 0.3) is 5.57 Å². The summed E-state index contributed by atoms with van der Waals surface area (Å²) in [5, 5.41) is 0. The van der Waals surface area contributed by atoms with Gasteiger partial charge in [0.2, 0.25) is 0 Å². The summed E-state index contributed by atoms with van der Waals surface area (Å²) in [5.74, 6) is 2.13. The van der Waals surface area contributed by atoms with Crippen LogP contribution in [0.3, 0.4) is 0 Å². The summed E-state index contributed by atoms with van der Waals surface area (Å²) in [7, 11) is 5.77. The zero-order chi connectivity index (χ0) is 30.2. The molecular formula is C37H49NO4. The fourth-order valence-corrected chi connectivity index (χ4v) is 5.00. The average Bonchev–Trinajstić information content (AvgIpc) is 2.98. The number of hydrogen-bond acceptors (Lipinski definition) is 5. The van der Waals surface area contributed by atoms with Crippen molar-refractivity contribution in [1.82, 2.24) is 4.90 Å². The minimum absolute atomic E-state index is 0.161. The first-order chi connectivity index (χ1) is 20.4. The monoisotopic (exact) mass is 571 g/mol. The quantitative estimate of drug-likeness (QED) is 0.0868. The van der Waals surface area contributed by atoms with Crippen LogP contribution in [-0.2, 0) is 11.2 Å². The Hall–Kier alpha value is -3.57. The second-order valence-corrected chi connectivity index (χ2v) is 11.2. The number of methoxy groups -OCH3 is 1. The lowest BCUT2D eigenvalue weighted by molar-refractivity contribution is -0.134. The molecule has 0 saturated heterocycles. The van der Waals surface area contributed by atoms with Crippen molar-refractivity contribution in [2.45, 2.75) is 71.6 Å². The van der Waals surface area contributed by atoms with Crippen molar-refractivity contribution in [2.75, 3.05) is 34.4 Å². The molecule has 0 heterocycles. The fourth-order valence-electron chi connectivity index (χ4n) is 5.00. The molecule has 0 aliphatic heterocycles. The number of likely N-dealkylation sites (N-methyl/N-ethyl adjacent to an activating group) is 1. The summed E-state index contributed by atoms with van der Waals surface area (Å²) in [4.78, 5) is 14.5. The first-order valence-electron chi connectivity index (χ1n) is 15.4. The van der Waals surface area contributed by atoms with Gasteiger partial charge < -0.3 is 19.1 Å². The van der Waals surface area contributed by atoms with E-state index in [-0.39, 0.29) is 5.97 Å². The lowest BCUT2D eigenvalue weighted by Crippen LogP contribution is -2.19. The highest BCUT2D eigenvalue weighted by atomic mass is 16.5. The molecule has 0 fully saturated rings. The van der Waals surface area contributed by atoms with E-state index in [0.29, 0.717) is 18.8 Å². The molecule has 0 radical (unpaired) electrons. The number of carbonyl (C=O) groups excluding carboxylic acids is 1. The zero-order valence-corrected chi connectivity index (χ0v) is 26.3. The molecule has 0 saturated carbocycles. The number of unbranched alkanes of at least 4 members (excludes halogenated alkanes) is 6. The maximum Gasteiger partial charge on any atom is 0.311 e. The SMILES string of the molecule is CCCCCCCCCC(=O)Oc1ccc(/C(=C(/C)Cc2cccc(OC)c2)c2ccc(OCCN(C)C)cc2)cc1. The molecule has 0 atom stereocenters. The Labute approximate surface area is 253 Å². The topological polar surface area (TPSA) is 48.0 Å². The van der Waals surface area contributed by atoms with Crippen molar-refractivity contribution in [3.05, 3.63) is 95.1 Å². The molecule has 0 unspecified atom stereocenters. The smallest absolute Gasteiger partial charge is 0.311 e. The van der Waals surface area contributed by atoms with Crippen molar-refractivity contribution in [1.29, 1.82) is 0 Å². The van der Waals surface area contributed by atoms with Gasteiger partial charge in [-0.25, -0.2) is 0 Å². The van der Waals surface area contributed by atoms with E-state index < -0.39 is 0 Å². The predicted molar refractivity (Wildman–Crippen MR) is 174 cm³/mol. The van der Waals surface area contributed by atoms with Crippen molar-refractivity contribution >= 4 is 11.5 Å². The van der Waals surface area contributed by atoms with Crippen LogP contribution >= 0.6 is 0 Å². The molecule has 42 heavy (non-hydrogen) atoms. The van der Waals surface area contributed by atoms with Crippen molar-refractivity contribution in [2.24, 2.45) is 0 Å². The van der Waals surface area contributed by atoms with E-state index in [9.17, 15) is 4.79 Å². The van der Waals surface area contributed by atoms with Gasteiger partial charge in [-0.15, -0.1) is 0 Å². The van der Waals surface area contributed by atoms with Gasteiger partial charge >= 0.3 is 5.97 Å². The molecule has 3 rings (SSSR count). The molecule has 0 aliphatic carbocycles. The summed E-state index contributed by atoms with van der Waals surface area (Å²) in [6, 6.07) is 24.4. The van der Waals surface area contributed by atoms with E-state index in [1.807, 2.05) is 62.6 Å². The molecule has 0 bridgehead atoms. The first-order valence-corrected chi connectivity index (χ1v) is 15.4. The van der Waals surface area contributed by atoms with Crippen LogP contribution in [0.1, 0.15) is 81.9 Å². The standard InChI is InChI=1S/C37H49NO4/c1-6-7-8-9-10-11-12-16-36(39)42-34-23-19-32(20-24-34)37(29(2)27-30-14-13-15-35(28-30)40-5)31-17-21-33(22-18-31)41-26-25-38(3)4/h13-15,17-24,28H,6-12,16,25-27H2,1-5H3/b37-29-. The molecule has 0 aliphatic rings. The van der Waals surface area contributed by atoms with Crippen LogP contribution in [0.2, 0.25) is 0 Å². The molecular weight excluding hydrogens is 522 g/mol. The van der Waals surface area contributed by atoms with Crippen molar-refractivity contribution in [3.63, 3.8) is 0 Å². The van der Waals surface area contributed by atoms with E-state index in [2.05, 4.69) is 43.0 Å². The van der Waals surface area contributed by atoms with Gasteiger partial charge in [0, 0.05) is 13.0 Å². The van der Waals surface area contributed by atoms with Gasteiger partial charge in [0.25, 0.3) is 0 Å². The van der Waals surface area contributed by atoms with Crippen LogP contribution in [0.5, 0.6) is 17.2 Å². The fraction of sp³-hybridized carbons (Fsp3) is 0.432. The van der Waals surface area contributed by atoms with Gasteiger partial charge in [-0.3, -0.25) is 4.79 Å². The largest absolute Gasteiger partial charge is 0.497 e. The van der Waals surface area contributed by atoms with Gasteiger partial charge in [-0.05, 0) is 92.5 Å². The molecule has 3 aromatic rings. The van der Waals surface area contributed by atoms with Crippen LogP contribution in [0.4, 0.5) is 0 Å². The van der Waals surface area contributed by atoms with E-state index in [0.717, 1.165) is 54.0 Å². The van der Waals surface area contributed by atoms with Gasteiger partial charge in [0.1, 0.15) is 23.9 Å². The lowest BCUT2D eigenvalue weighted by Gasteiger charge is -2.16. The van der Waals surface area contributed by atoms with E-state index in [1.54, 1.807) is 7.11 Å². The van der Waals surface area contributed by atoms with Crippen LogP contribution in [-0.4, -0.2) is 45.2 Å². The van der Waals surface area contributed by atoms with Gasteiger partial charge in [-0.2, -0.15) is 0 Å². The third-order valence-corrected chi connectivity index (χ3v) is 7.34. The van der Waals surface area contributed by atoms with E-state index in [4.69, 9.17) is 14.2 Å². The Bertz CT molecular complexity index is 1250. The highest BCUT2D eigenvalue weighted by Crippen LogP contribution is 2.32. The first kappa shape index (κ1) is 32.9. The maximum atomic E-state index is 12.4. The summed E-state index contributed by atoms with van der Waals surface area (Å²) < 4.78 is 17.0. The predicted octanol–water partition coefficient (Wildman–Crippen LogP) is 8.75. The Morgan fingerprint density at radius 1 is 0.762 bits per heavy atom. The number of allylic oxidation sites excluding steroid dienone is 1. The highest BCUT2D eigenvalue weighted by molar-refractivity contribution is 5.83. The summed E-state index contributed by atoms with van der Waals surface area (Å²) >= 11 is 0. The third kappa shape index (κ3) is 11.4. The Balaban J connectivity index is 1.74. The zero-order valence-electron chi connectivity index (χ0n) is 26.3. The minimum atomic E-state index is -0.161. The molecule has 0 amide bonds. The Morgan fingerprint density at radius 2 is 1.38 bits per heavy atom. The number of esters is 1. The lowest BCUT2D eigenvalue weighted by atomic mass is 9.90. The number of ether oxygens (including phenoxy) is 3. The number of hydrogen-bond donors (Lipinski definition) is 0. The average molecular weight is 572 g/mol. The number of rotatable bonds is 18. The van der Waals surface area contributed by atoms with Crippen LogP contribution in [0, 0.1) is 0 Å². The summed E-state index contributed by atoms with van der Waals surface area (Å²) in [6.07, 6.45) is 9.49. The molecule has 226 valence electrons. The molecule has 3 aromatic carbocycles. The van der Waals surface area contributed by atoms with Crippen LogP contribution in [0.15, 0.2) is 78.4 Å². The maximum absolute atomic E-state index is 12.4. The second-order valence-electron chi connectivity index (χ2n) is 11.2. The van der Waals surface area contributed by atoms with E-state index >= 15 is 0 Å². The molecule has 5 heteroatoms. The van der Waals surface area contributed by atoms with Gasteiger partial charge in [0.15, 0.2) is 0 Å². The second kappa shape index (κ2) is 18.1. The van der Waals surface area contributed by atoms with Crippen molar-refractivity contribution < 1.29 is 19.0 Å². The summed E-state index contributed by atoms with van der Waals surface area (Å²) in [5.41, 5.74) is 5.75. The molecule has 0 spiro atoms. The Morgan fingerprint density at radius 3 is 2.00 bits per heavy atom. The third-order valence-electron chi connectivity index (χ3n) is 7.34. The normalized spacial score (nSPS) is 11.8. The Kier molecular flexibility index (Phi) is 14.2. The number of carbonyl (C=O) groups is 1. The van der Waals surface area contributed by atoms with Gasteiger partial charge in [-0.1, -0.05) is 87.4 Å². The molecule has 5 nitrogen and oxygen atoms in total. The highest BCUT2D eigenvalue weighted by Gasteiger charge is 2.13.